The van der Waals surface area contributed by atoms with Gasteiger partial charge in [0.1, 0.15) is 11.5 Å². The average molecular weight is 246 g/mol. The molecule has 1 aromatic carbocycles. The zero-order valence-electron chi connectivity index (χ0n) is 10.1. The van der Waals surface area contributed by atoms with Crippen molar-refractivity contribution < 1.29 is 14.1 Å². The van der Waals surface area contributed by atoms with E-state index in [2.05, 4.69) is 10.1 Å². The summed E-state index contributed by atoms with van der Waals surface area (Å²) in [6, 6.07) is 9.38. The van der Waals surface area contributed by atoms with Crippen LogP contribution in [0.4, 0.5) is 0 Å². The van der Waals surface area contributed by atoms with Crippen molar-refractivity contribution in [1.29, 1.82) is 0 Å². The minimum absolute atomic E-state index is 0.0779. The van der Waals surface area contributed by atoms with Gasteiger partial charge < -0.3 is 9.26 Å². The fourth-order valence-electron chi connectivity index (χ4n) is 1.38. The maximum atomic E-state index is 11.2. The van der Waals surface area contributed by atoms with Crippen LogP contribution in [0.1, 0.15) is 25.1 Å². The number of para-hydroxylation sites is 1. The van der Waals surface area contributed by atoms with Gasteiger partial charge in [-0.15, -0.1) is 0 Å². The Hall–Kier alpha value is -2.17. The second-order valence-corrected chi connectivity index (χ2v) is 3.78. The lowest BCUT2D eigenvalue weighted by Crippen LogP contribution is -2.01. The van der Waals surface area contributed by atoms with E-state index < -0.39 is 0 Å². The van der Waals surface area contributed by atoms with Crippen LogP contribution in [0.25, 0.3) is 0 Å². The van der Waals surface area contributed by atoms with Crippen molar-refractivity contribution in [3.63, 3.8) is 0 Å². The molecule has 0 unspecified atom stereocenters. The van der Waals surface area contributed by atoms with E-state index in [0.717, 1.165) is 5.75 Å². The summed E-state index contributed by atoms with van der Waals surface area (Å²) in [4.78, 5) is 15.3. The van der Waals surface area contributed by atoms with Crippen molar-refractivity contribution in [2.24, 2.45) is 0 Å². The largest absolute Gasteiger partial charge is 0.485 e. The number of ether oxygens (including phenoxy) is 1. The van der Waals surface area contributed by atoms with Crippen LogP contribution in [0.3, 0.4) is 0 Å². The highest BCUT2D eigenvalue weighted by Crippen LogP contribution is 2.10. The number of aromatic nitrogens is 2. The Bertz CT molecular complexity index is 508. The van der Waals surface area contributed by atoms with E-state index in [1.165, 1.54) is 0 Å². The maximum absolute atomic E-state index is 11.2. The summed E-state index contributed by atoms with van der Waals surface area (Å²) in [5.41, 5.74) is 0. The molecule has 0 saturated carbocycles. The van der Waals surface area contributed by atoms with Gasteiger partial charge in [0.05, 0.1) is 6.42 Å². The number of carbonyl (C=O) groups is 1. The average Bonchev–Trinajstić information content (AvgIpc) is 2.85. The first-order valence-electron chi connectivity index (χ1n) is 5.79. The second-order valence-electron chi connectivity index (χ2n) is 3.78. The van der Waals surface area contributed by atoms with E-state index in [0.29, 0.717) is 18.1 Å². The number of hydrogen-bond donors (Lipinski definition) is 0. The van der Waals surface area contributed by atoms with Crippen molar-refractivity contribution in [3.8, 4) is 5.75 Å². The third kappa shape index (κ3) is 3.41. The summed E-state index contributed by atoms with van der Waals surface area (Å²) in [6.45, 7) is 2.03. The summed E-state index contributed by atoms with van der Waals surface area (Å²) in [6.07, 6.45) is 0.660. The van der Waals surface area contributed by atoms with Gasteiger partial charge in [0.15, 0.2) is 6.61 Å². The highest BCUT2D eigenvalue weighted by molar-refractivity contribution is 5.79. The molecule has 0 saturated heterocycles. The van der Waals surface area contributed by atoms with Crippen molar-refractivity contribution in [1.82, 2.24) is 10.1 Å². The first kappa shape index (κ1) is 12.3. The van der Waals surface area contributed by atoms with Crippen LogP contribution in [0.15, 0.2) is 34.9 Å². The monoisotopic (exact) mass is 246 g/mol. The Morgan fingerprint density at radius 3 is 2.83 bits per heavy atom. The molecule has 5 nitrogen and oxygen atoms in total. The number of benzene rings is 1. The number of ketones is 1. The van der Waals surface area contributed by atoms with Crippen LogP contribution in [-0.2, 0) is 17.8 Å². The molecule has 0 aliphatic carbocycles. The molecule has 1 heterocycles. The Morgan fingerprint density at radius 2 is 2.11 bits per heavy atom. The number of Topliss-reactive ketones (excluding diaryl/α,β-unsaturated/α-hetero) is 1. The smallest absolute Gasteiger partial charge is 0.234 e. The Labute approximate surface area is 105 Å². The lowest BCUT2D eigenvalue weighted by molar-refractivity contribution is -0.118. The van der Waals surface area contributed by atoms with E-state index >= 15 is 0 Å². The topological polar surface area (TPSA) is 65.2 Å². The molecule has 0 aliphatic rings. The zero-order chi connectivity index (χ0) is 12.8. The third-order valence-electron chi connectivity index (χ3n) is 2.36. The molecule has 1 aromatic heterocycles. The van der Waals surface area contributed by atoms with Crippen LogP contribution in [0.5, 0.6) is 5.75 Å². The van der Waals surface area contributed by atoms with E-state index in [9.17, 15) is 4.79 Å². The molecule has 0 fully saturated rings. The molecule has 2 aromatic rings. The minimum atomic E-state index is 0.0779. The highest BCUT2D eigenvalue weighted by atomic mass is 16.5. The molecule has 0 amide bonds. The van der Waals surface area contributed by atoms with E-state index in [1.54, 1.807) is 6.92 Å². The highest BCUT2D eigenvalue weighted by Gasteiger charge is 2.10. The first-order valence-corrected chi connectivity index (χ1v) is 5.79. The molecule has 0 atom stereocenters. The van der Waals surface area contributed by atoms with E-state index in [-0.39, 0.29) is 18.8 Å². The Morgan fingerprint density at radius 1 is 1.33 bits per heavy atom. The van der Waals surface area contributed by atoms with Gasteiger partial charge in [0.25, 0.3) is 0 Å². The fourth-order valence-corrected chi connectivity index (χ4v) is 1.38. The molecule has 18 heavy (non-hydrogen) atoms. The van der Waals surface area contributed by atoms with Gasteiger partial charge in [-0.1, -0.05) is 30.3 Å². The first-order chi connectivity index (χ1) is 8.78. The number of carbonyl (C=O) groups excluding carboxylic acids is 1. The van der Waals surface area contributed by atoms with Crippen LogP contribution in [0, 0.1) is 0 Å². The van der Waals surface area contributed by atoms with Gasteiger partial charge in [-0.2, -0.15) is 4.98 Å². The summed E-state index contributed by atoms with van der Waals surface area (Å²) in [5.74, 6) is 1.61. The summed E-state index contributed by atoms with van der Waals surface area (Å²) >= 11 is 0. The second kappa shape index (κ2) is 5.95. The maximum Gasteiger partial charge on any atom is 0.234 e. The number of rotatable bonds is 6. The standard InChI is InChI=1S/C13H14N2O3/c1-2-10(16)8-13-14-12(15-18-13)9-17-11-6-4-3-5-7-11/h3-7H,2,8-9H2,1H3. The molecule has 2 rings (SSSR count). The molecule has 0 bridgehead atoms. The van der Waals surface area contributed by atoms with Crippen LogP contribution >= 0.6 is 0 Å². The van der Waals surface area contributed by atoms with E-state index in [1.807, 2.05) is 30.3 Å². The van der Waals surface area contributed by atoms with Crippen molar-refractivity contribution in [2.75, 3.05) is 0 Å². The zero-order valence-corrected chi connectivity index (χ0v) is 10.1. The molecular formula is C13H14N2O3. The van der Waals surface area contributed by atoms with Gasteiger partial charge >= 0.3 is 0 Å². The van der Waals surface area contributed by atoms with E-state index in [4.69, 9.17) is 9.26 Å². The van der Waals surface area contributed by atoms with Crippen molar-refractivity contribution in [3.05, 3.63) is 42.0 Å². The predicted molar refractivity (Wildman–Crippen MR) is 64.1 cm³/mol. The van der Waals surface area contributed by atoms with Gasteiger partial charge in [-0.05, 0) is 12.1 Å². The Kier molecular flexibility index (Phi) is 4.06. The predicted octanol–water partition coefficient (Wildman–Crippen LogP) is 2.17. The summed E-state index contributed by atoms with van der Waals surface area (Å²) in [7, 11) is 0. The van der Waals surface area contributed by atoms with Gasteiger partial charge in [0, 0.05) is 6.42 Å². The molecule has 5 heteroatoms. The molecule has 0 N–H and O–H groups in total. The van der Waals surface area contributed by atoms with Gasteiger partial charge in [-0.25, -0.2) is 0 Å². The molecule has 94 valence electrons. The molecule has 0 spiro atoms. The Balaban J connectivity index is 1.89. The molecule has 0 aliphatic heterocycles. The third-order valence-corrected chi connectivity index (χ3v) is 2.36. The quantitative estimate of drug-likeness (QED) is 0.781. The molecular weight excluding hydrogens is 232 g/mol. The van der Waals surface area contributed by atoms with Gasteiger partial charge in [-0.3, -0.25) is 4.79 Å². The summed E-state index contributed by atoms with van der Waals surface area (Å²) in [5, 5.41) is 3.76. The molecule has 0 radical (unpaired) electrons. The van der Waals surface area contributed by atoms with Crippen LogP contribution in [0.2, 0.25) is 0 Å². The van der Waals surface area contributed by atoms with Crippen LogP contribution < -0.4 is 4.74 Å². The van der Waals surface area contributed by atoms with Crippen molar-refractivity contribution >= 4 is 5.78 Å². The summed E-state index contributed by atoms with van der Waals surface area (Å²) < 4.78 is 10.4. The van der Waals surface area contributed by atoms with Gasteiger partial charge in [0.2, 0.25) is 11.7 Å². The lowest BCUT2D eigenvalue weighted by atomic mass is 10.2. The number of nitrogens with zero attached hydrogens (tertiary/aromatic N) is 2. The fraction of sp³-hybridized carbons (Fsp3) is 0.308. The van der Waals surface area contributed by atoms with Crippen molar-refractivity contribution in [2.45, 2.75) is 26.4 Å². The lowest BCUT2D eigenvalue weighted by Gasteiger charge is -2.01. The minimum Gasteiger partial charge on any atom is -0.485 e. The van der Waals surface area contributed by atoms with Crippen LogP contribution in [-0.4, -0.2) is 15.9 Å². The SMILES string of the molecule is CCC(=O)Cc1nc(COc2ccccc2)no1. The normalized spacial score (nSPS) is 10.3. The number of hydrogen-bond acceptors (Lipinski definition) is 5.